The van der Waals surface area contributed by atoms with Gasteiger partial charge in [0.25, 0.3) is 0 Å². The fraction of sp³-hybridized carbons (Fsp3) is 0.200. The Morgan fingerprint density at radius 3 is 2.00 bits per heavy atom. The maximum Gasteiger partial charge on any atom is 0.328 e. The minimum absolute atomic E-state index is 0.209. The molecule has 0 bridgehead atoms. The van der Waals surface area contributed by atoms with E-state index in [2.05, 4.69) is 5.32 Å². The van der Waals surface area contributed by atoms with Crippen LogP contribution in [0.4, 0.5) is 0 Å². The fourth-order valence-corrected chi connectivity index (χ4v) is 3.06. The van der Waals surface area contributed by atoms with Crippen molar-refractivity contribution in [2.45, 2.75) is 25.5 Å². The van der Waals surface area contributed by atoms with Crippen LogP contribution >= 0.6 is 0 Å². The van der Waals surface area contributed by atoms with E-state index in [1.165, 1.54) is 7.11 Å². The molecule has 0 unspecified atom stereocenters. The molecular weight excluding hydrogens is 378 g/mol. The molecule has 0 aliphatic carbocycles. The van der Waals surface area contributed by atoms with E-state index in [9.17, 15) is 9.59 Å². The number of rotatable bonds is 9. The van der Waals surface area contributed by atoms with E-state index in [4.69, 9.17) is 9.47 Å². The second-order valence-electron chi connectivity index (χ2n) is 6.93. The average molecular weight is 403 g/mol. The fourth-order valence-electron chi connectivity index (χ4n) is 3.06. The summed E-state index contributed by atoms with van der Waals surface area (Å²) in [6.07, 6.45) is 0.548. The molecule has 3 rings (SSSR count). The molecule has 0 aromatic heterocycles. The third-order valence-electron chi connectivity index (χ3n) is 4.64. The van der Waals surface area contributed by atoms with Crippen molar-refractivity contribution >= 4 is 11.9 Å². The molecular formula is C25H25NO4. The largest absolute Gasteiger partial charge is 0.489 e. The summed E-state index contributed by atoms with van der Waals surface area (Å²) in [5, 5.41) is 2.78. The van der Waals surface area contributed by atoms with Crippen LogP contribution in [0.1, 0.15) is 16.7 Å². The Bertz CT molecular complexity index is 940. The zero-order valence-corrected chi connectivity index (χ0v) is 16.9. The number of esters is 1. The first-order chi connectivity index (χ1) is 14.6. The second-order valence-corrected chi connectivity index (χ2v) is 6.93. The van der Waals surface area contributed by atoms with Crippen LogP contribution in [0.2, 0.25) is 0 Å². The molecule has 0 radical (unpaired) electrons. The molecule has 5 nitrogen and oxygen atoms in total. The molecule has 1 N–H and O–H groups in total. The second kappa shape index (κ2) is 10.8. The van der Waals surface area contributed by atoms with E-state index < -0.39 is 12.0 Å². The Morgan fingerprint density at radius 2 is 1.40 bits per heavy atom. The van der Waals surface area contributed by atoms with Gasteiger partial charge in [-0.25, -0.2) is 4.79 Å². The van der Waals surface area contributed by atoms with Crippen LogP contribution in [0.3, 0.4) is 0 Å². The third kappa shape index (κ3) is 6.48. The molecule has 0 saturated carbocycles. The lowest BCUT2D eigenvalue weighted by molar-refractivity contribution is -0.145. The maximum atomic E-state index is 12.4. The van der Waals surface area contributed by atoms with Gasteiger partial charge in [-0.3, -0.25) is 4.79 Å². The molecule has 0 saturated heterocycles. The predicted octanol–water partition coefficient (Wildman–Crippen LogP) is 3.71. The van der Waals surface area contributed by atoms with Gasteiger partial charge in [0.1, 0.15) is 18.4 Å². The summed E-state index contributed by atoms with van der Waals surface area (Å²) in [7, 11) is 1.32. The van der Waals surface area contributed by atoms with Gasteiger partial charge in [-0.15, -0.1) is 0 Å². The summed E-state index contributed by atoms with van der Waals surface area (Å²) < 4.78 is 10.7. The smallest absolute Gasteiger partial charge is 0.328 e. The SMILES string of the molecule is COC(=O)[C@H](Cc1ccc(OCc2ccccc2)cc1)NC(=O)Cc1ccccc1. The first-order valence-electron chi connectivity index (χ1n) is 9.81. The molecule has 3 aromatic rings. The summed E-state index contributed by atoms with van der Waals surface area (Å²) in [5.41, 5.74) is 2.88. The highest BCUT2D eigenvalue weighted by atomic mass is 16.5. The molecule has 154 valence electrons. The van der Waals surface area contributed by atoms with Crippen molar-refractivity contribution in [2.75, 3.05) is 7.11 Å². The standard InChI is InChI=1S/C25H25NO4/c1-29-25(28)23(26-24(27)17-19-8-4-2-5-9-19)16-20-12-14-22(15-13-20)30-18-21-10-6-3-7-11-21/h2-15,23H,16-18H2,1H3,(H,26,27)/t23-/m0/s1. The van der Waals surface area contributed by atoms with Gasteiger partial charge in [-0.2, -0.15) is 0 Å². The highest BCUT2D eigenvalue weighted by Crippen LogP contribution is 2.16. The van der Waals surface area contributed by atoms with Crippen LogP contribution in [0.25, 0.3) is 0 Å². The van der Waals surface area contributed by atoms with Gasteiger partial charge in [0, 0.05) is 6.42 Å². The maximum absolute atomic E-state index is 12.4. The Hall–Kier alpha value is -3.60. The Morgan fingerprint density at radius 1 is 0.800 bits per heavy atom. The van der Waals surface area contributed by atoms with E-state index >= 15 is 0 Å². The molecule has 1 amide bonds. The van der Waals surface area contributed by atoms with Gasteiger partial charge in [-0.05, 0) is 28.8 Å². The topological polar surface area (TPSA) is 64.6 Å². The number of amides is 1. The van der Waals surface area contributed by atoms with Crippen LogP contribution in [0.15, 0.2) is 84.9 Å². The zero-order valence-electron chi connectivity index (χ0n) is 16.9. The molecule has 1 atom stereocenters. The quantitative estimate of drug-likeness (QED) is 0.553. The van der Waals surface area contributed by atoms with Crippen molar-refractivity contribution in [3.63, 3.8) is 0 Å². The van der Waals surface area contributed by atoms with Crippen LogP contribution in [0, 0.1) is 0 Å². The normalized spacial score (nSPS) is 11.4. The van der Waals surface area contributed by atoms with Crippen molar-refractivity contribution in [2.24, 2.45) is 0 Å². The van der Waals surface area contributed by atoms with Crippen molar-refractivity contribution < 1.29 is 19.1 Å². The summed E-state index contributed by atoms with van der Waals surface area (Å²) in [4.78, 5) is 24.5. The molecule has 3 aromatic carbocycles. The van der Waals surface area contributed by atoms with Crippen LogP contribution < -0.4 is 10.1 Å². The lowest BCUT2D eigenvalue weighted by Gasteiger charge is -2.17. The van der Waals surface area contributed by atoms with Crippen LogP contribution in [-0.4, -0.2) is 25.0 Å². The minimum Gasteiger partial charge on any atom is -0.489 e. The van der Waals surface area contributed by atoms with Crippen molar-refractivity contribution in [3.05, 3.63) is 102 Å². The highest BCUT2D eigenvalue weighted by molar-refractivity contribution is 5.85. The first-order valence-corrected chi connectivity index (χ1v) is 9.81. The zero-order chi connectivity index (χ0) is 21.2. The van der Waals surface area contributed by atoms with Gasteiger partial charge in [0.2, 0.25) is 5.91 Å². The van der Waals surface area contributed by atoms with Crippen molar-refractivity contribution in [1.29, 1.82) is 0 Å². The van der Waals surface area contributed by atoms with Gasteiger partial charge < -0.3 is 14.8 Å². The number of hydrogen-bond acceptors (Lipinski definition) is 4. The number of ether oxygens (including phenoxy) is 2. The molecule has 0 fully saturated rings. The number of carbonyl (C=O) groups is 2. The number of nitrogens with one attached hydrogen (secondary N) is 1. The molecule has 0 aliphatic rings. The van der Waals surface area contributed by atoms with Gasteiger partial charge >= 0.3 is 5.97 Å². The average Bonchev–Trinajstić information content (AvgIpc) is 2.79. The summed E-state index contributed by atoms with van der Waals surface area (Å²) in [6, 6.07) is 26.1. The van der Waals surface area contributed by atoms with Crippen molar-refractivity contribution in [3.8, 4) is 5.75 Å². The highest BCUT2D eigenvalue weighted by Gasteiger charge is 2.22. The molecule has 0 aliphatic heterocycles. The first kappa shape index (κ1) is 21.1. The third-order valence-corrected chi connectivity index (χ3v) is 4.64. The monoisotopic (exact) mass is 403 g/mol. The van der Waals surface area contributed by atoms with E-state index in [0.29, 0.717) is 13.0 Å². The van der Waals surface area contributed by atoms with Gasteiger partial charge in [0.05, 0.1) is 13.5 Å². The van der Waals surface area contributed by atoms with E-state index in [1.54, 1.807) is 0 Å². The molecule has 5 heteroatoms. The Labute approximate surface area is 176 Å². The number of carbonyl (C=O) groups excluding carboxylic acids is 2. The molecule has 30 heavy (non-hydrogen) atoms. The molecule has 0 spiro atoms. The number of benzene rings is 3. The van der Waals surface area contributed by atoms with Gasteiger partial charge in [-0.1, -0.05) is 72.8 Å². The predicted molar refractivity (Wildman–Crippen MR) is 115 cm³/mol. The lowest BCUT2D eigenvalue weighted by Crippen LogP contribution is -2.43. The lowest BCUT2D eigenvalue weighted by atomic mass is 10.0. The minimum atomic E-state index is -0.748. The van der Waals surface area contributed by atoms with Crippen molar-refractivity contribution in [1.82, 2.24) is 5.32 Å². The Balaban J connectivity index is 1.57. The van der Waals surface area contributed by atoms with Crippen LogP contribution in [0.5, 0.6) is 5.75 Å². The van der Waals surface area contributed by atoms with Crippen LogP contribution in [-0.2, 0) is 33.8 Å². The summed E-state index contributed by atoms with van der Waals surface area (Å²) in [5.74, 6) is 0.0468. The summed E-state index contributed by atoms with van der Waals surface area (Å²) >= 11 is 0. The molecule has 0 heterocycles. The Kier molecular flexibility index (Phi) is 7.61. The van der Waals surface area contributed by atoms with E-state index in [-0.39, 0.29) is 12.3 Å². The summed E-state index contributed by atoms with van der Waals surface area (Å²) in [6.45, 7) is 0.487. The van der Waals surface area contributed by atoms with Gasteiger partial charge in [0.15, 0.2) is 0 Å². The van der Waals surface area contributed by atoms with E-state index in [1.807, 2.05) is 84.9 Å². The number of methoxy groups -OCH3 is 1. The number of hydrogen-bond donors (Lipinski definition) is 1. The van der Waals surface area contributed by atoms with E-state index in [0.717, 1.165) is 22.4 Å².